The Balaban J connectivity index is 1.49. The van der Waals surface area contributed by atoms with Crippen LogP contribution in [0.5, 0.6) is 5.75 Å². The van der Waals surface area contributed by atoms with Gasteiger partial charge >= 0.3 is 0 Å². The zero-order valence-corrected chi connectivity index (χ0v) is 17.6. The molecule has 2 amide bonds. The Hall–Kier alpha value is -3.37. The van der Waals surface area contributed by atoms with Crippen LogP contribution in [-0.2, 0) is 11.3 Å². The van der Waals surface area contributed by atoms with Crippen LogP contribution >= 0.6 is 11.3 Å². The molecule has 0 saturated heterocycles. The Kier molecular flexibility index (Phi) is 8.02. The molecule has 0 aliphatic carbocycles. The van der Waals surface area contributed by atoms with Crippen molar-refractivity contribution in [3.8, 4) is 5.75 Å². The molecule has 1 heterocycles. The number of methoxy groups -OCH3 is 1. The van der Waals surface area contributed by atoms with Crippen LogP contribution in [0.3, 0.4) is 0 Å². The first-order valence-electron chi connectivity index (χ1n) is 9.44. The molecule has 0 spiro atoms. The summed E-state index contributed by atoms with van der Waals surface area (Å²) in [5, 5.41) is 14.0. The van der Waals surface area contributed by atoms with Crippen molar-refractivity contribution in [2.24, 2.45) is 0 Å². The lowest BCUT2D eigenvalue weighted by atomic mass is 10.2. The van der Waals surface area contributed by atoms with Crippen molar-refractivity contribution in [2.75, 3.05) is 25.6 Å². The van der Waals surface area contributed by atoms with Crippen LogP contribution in [-0.4, -0.2) is 42.3 Å². The first kappa shape index (κ1) is 22.3. The third-order valence-corrected chi connectivity index (χ3v) is 4.95. The number of anilines is 1. The minimum Gasteiger partial charge on any atom is -0.486 e. The van der Waals surface area contributed by atoms with E-state index < -0.39 is 5.91 Å². The summed E-state index contributed by atoms with van der Waals surface area (Å²) in [4.78, 5) is 24.4. The molecule has 2 N–H and O–H groups in total. The van der Waals surface area contributed by atoms with Gasteiger partial charge in [0, 0.05) is 31.5 Å². The number of rotatable bonds is 10. The van der Waals surface area contributed by atoms with Gasteiger partial charge < -0.3 is 20.1 Å². The third-order valence-electron chi connectivity index (χ3n) is 4.05. The molecule has 0 unspecified atom stereocenters. The van der Waals surface area contributed by atoms with Gasteiger partial charge in [0.25, 0.3) is 11.8 Å². The zero-order valence-electron chi connectivity index (χ0n) is 16.8. The third kappa shape index (κ3) is 6.83. The summed E-state index contributed by atoms with van der Waals surface area (Å²) in [6.45, 7) is 1.22. The Morgan fingerprint density at radius 2 is 1.77 bits per heavy atom. The number of carbonyl (C=O) groups excluding carboxylic acids is 2. The number of aromatic nitrogens is 2. The maximum absolute atomic E-state index is 12.9. The zero-order chi connectivity index (χ0) is 22.1. The number of benzene rings is 2. The first-order valence-corrected chi connectivity index (χ1v) is 10.3. The molecule has 0 atom stereocenters. The lowest BCUT2D eigenvalue weighted by molar-refractivity contribution is 0.0948. The van der Waals surface area contributed by atoms with Crippen LogP contribution in [0.1, 0.15) is 31.6 Å². The molecule has 2 aromatic carbocycles. The summed E-state index contributed by atoms with van der Waals surface area (Å²) >= 11 is 1.10. The minimum atomic E-state index is -0.415. The molecule has 1 aromatic heterocycles. The van der Waals surface area contributed by atoms with Gasteiger partial charge in [-0.15, -0.1) is 10.2 Å². The van der Waals surface area contributed by atoms with Crippen LogP contribution < -0.4 is 15.4 Å². The van der Waals surface area contributed by atoms with Crippen molar-refractivity contribution in [3.05, 3.63) is 69.9 Å². The average Bonchev–Trinajstić information content (AvgIpc) is 3.26. The number of hydrogen-bond donors (Lipinski definition) is 2. The number of amides is 2. The Morgan fingerprint density at radius 1 is 1.03 bits per heavy atom. The van der Waals surface area contributed by atoms with Gasteiger partial charge in [-0.2, -0.15) is 0 Å². The van der Waals surface area contributed by atoms with Crippen molar-refractivity contribution in [2.45, 2.75) is 13.0 Å². The topological polar surface area (TPSA) is 102 Å². The molecule has 31 heavy (non-hydrogen) atoms. The van der Waals surface area contributed by atoms with E-state index in [0.717, 1.165) is 17.8 Å². The van der Waals surface area contributed by atoms with E-state index in [-0.39, 0.29) is 23.3 Å². The highest BCUT2D eigenvalue weighted by molar-refractivity contribution is 7.13. The van der Waals surface area contributed by atoms with Gasteiger partial charge in [-0.3, -0.25) is 9.59 Å². The standard InChI is InChI=1S/C21H21FN4O4S/c1-29-12-2-11-23-19(27)14-3-7-16(8-4-14)24-20(28)21-26-25-18(31-21)13-30-17-9-5-15(22)6-10-17/h3-10H,2,11-13H2,1H3,(H,23,27)(H,24,28). The maximum atomic E-state index is 12.9. The fourth-order valence-corrected chi connectivity index (χ4v) is 3.14. The van der Waals surface area contributed by atoms with Gasteiger partial charge in [0.15, 0.2) is 5.01 Å². The number of ether oxygens (including phenoxy) is 2. The number of nitrogens with zero attached hydrogens (tertiary/aromatic N) is 2. The minimum absolute atomic E-state index is 0.116. The van der Waals surface area contributed by atoms with Crippen molar-refractivity contribution in [1.82, 2.24) is 15.5 Å². The predicted octanol–water partition coefficient (Wildman–Crippen LogP) is 3.27. The molecule has 0 aliphatic heterocycles. The second-order valence-electron chi connectivity index (χ2n) is 6.38. The number of halogens is 1. The van der Waals surface area contributed by atoms with Crippen LogP contribution in [0.15, 0.2) is 48.5 Å². The molecule has 10 heteroatoms. The van der Waals surface area contributed by atoms with E-state index in [4.69, 9.17) is 9.47 Å². The van der Waals surface area contributed by atoms with Gasteiger partial charge in [-0.25, -0.2) is 4.39 Å². The fourth-order valence-electron chi connectivity index (χ4n) is 2.49. The highest BCUT2D eigenvalue weighted by Gasteiger charge is 2.14. The van der Waals surface area contributed by atoms with E-state index in [2.05, 4.69) is 20.8 Å². The van der Waals surface area contributed by atoms with Crippen LogP contribution in [0.25, 0.3) is 0 Å². The van der Waals surface area contributed by atoms with Crippen molar-refractivity contribution in [1.29, 1.82) is 0 Å². The first-order chi connectivity index (χ1) is 15.0. The van der Waals surface area contributed by atoms with E-state index in [0.29, 0.717) is 35.2 Å². The van der Waals surface area contributed by atoms with E-state index in [9.17, 15) is 14.0 Å². The van der Waals surface area contributed by atoms with Gasteiger partial charge in [0.2, 0.25) is 5.01 Å². The molecule has 0 bridgehead atoms. The highest BCUT2D eigenvalue weighted by Crippen LogP contribution is 2.17. The SMILES string of the molecule is COCCCNC(=O)c1ccc(NC(=O)c2nnc(COc3ccc(F)cc3)s2)cc1. The molecular weight excluding hydrogens is 423 g/mol. The quantitative estimate of drug-likeness (QED) is 0.466. The van der Waals surface area contributed by atoms with Crippen molar-refractivity contribution < 1.29 is 23.5 Å². The van der Waals surface area contributed by atoms with Gasteiger partial charge in [-0.1, -0.05) is 11.3 Å². The van der Waals surface area contributed by atoms with E-state index in [1.54, 1.807) is 31.4 Å². The summed E-state index contributed by atoms with van der Waals surface area (Å²) < 4.78 is 23.4. The lowest BCUT2D eigenvalue weighted by Gasteiger charge is -2.06. The second-order valence-corrected chi connectivity index (χ2v) is 7.44. The molecule has 8 nitrogen and oxygen atoms in total. The number of carbonyl (C=O) groups is 2. The molecule has 0 fully saturated rings. The highest BCUT2D eigenvalue weighted by atomic mass is 32.1. The average molecular weight is 444 g/mol. The number of nitrogens with one attached hydrogen (secondary N) is 2. The van der Waals surface area contributed by atoms with E-state index in [1.165, 1.54) is 24.3 Å². The summed E-state index contributed by atoms with van der Waals surface area (Å²) in [6.07, 6.45) is 0.731. The molecule has 3 aromatic rings. The Morgan fingerprint density at radius 3 is 2.48 bits per heavy atom. The fraction of sp³-hybridized carbons (Fsp3) is 0.238. The molecular formula is C21H21FN4O4S. The summed E-state index contributed by atoms with van der Waals surface area (Å²) in [5.74, 6) is -0.463. The predicted molar refractivity (Wildman–Crippen MR) is 114 cm³/mol. The molecule has 3 rings (SSSR count). The Bertz CT molecular complexity index is 1010. The molecule has 162 valence electrons. The lowest BCUT2D eigenvalue weighted by Crippen LogP contribution is -2.25. The van der Waals surface area contributed by atoms with Crippen molar-refractivity contribution in [3.63, 3.8) is 0 Å². The van der Waals surface area contributed by atoms with E-state index >= 15 is 0 Å². The van der Waals surface area contributed by atoms with E-state index in [1.807, 2.05) is 0 Å². The summed E-state index contributed by atoms with van der Waals surface area (Å²) in [6, 6.07) is 12.1. The molecule has 0 radical (unpaired) electrons. The monoisotopic (exact) mass is 444 g/mol. The van der Waals surface area contributed by atoms with Crippen molar-refractivity contribution >= 4 is 28.8 Å². The van der Waals surface area contributed by atoms with Crippen LogP contribution in [0.4, 0.5) is 10.1 Å². The largest absolute Gasteiger partial charge is 0.486 e. The summed E-state index contributed by atoms with van der Waals surface area (Å²) in [7, 11) is 1.61. The normalized spacial score (nSPS) is 10.5. The summed E-state index contributed by atoms with van der Waals surface area (Å²) in [5.41, 5.74) is 1.02. The van der Waals surface area contributed by atoms with Gasteiger partial charge in [0.1, 0.15) is 18.2 Å². The molecule has 0 saturated carbocycles. The maximum Gasteiger partial charge on any atom is 0.286 e. The second kappa shape index (κ2) is 11.1. The molecule has 0 aliphatic rings. The van der Waals surface area contributed by atoms with Crippen LogP contribution in [0.2, 0.25) is 0 Å². The van der Waals surface area contributed by atoms with Gasteiger partial charge in [0.05, 0.1) is 0 Å². The Labute approximate surface area is 182 Å². The van der Waals surface area contributed by atoms with Gasteiger partial charge in [-0.05, 0) is 55.0 Å². The number of hydrogen-bond acceptors (Lipinski definition) is 7. The van der Waals surface area contributed by atoms with Crippen LogP contribution in [0, 0.1) is 5.82 Å². The smallest absolute Gasteiger partial charge is 0.286 e.